The molecule has 1 aromatic rings. The van der Waals surface area contributed by atoms with Crippen LogP contribution in [0.3, 0.4) is 0 Å². The molecule has 0 bridgehead atoms. The summed E-state index contributed by atoms with van der Waals surface area (Å²) in [5.41, 5.74) is 0.493. The van der Waals surface area contributed by atoms with Crippen LogP contribution < -0.4 is 9.41 Å². The molecule has 0 unspecified atom stereocenters. The molecular formula is C11H21FN2OSi2. The summed E-state index contributed by atoms with van der Waals surface area (Å²) < 4.78 is 19.3. The number of hydrogen-bond donors (Lipinski definition) is 1. The fraction of sp³-hybridized carbons (Fsp3) is 0.545. The van der Waals surface area contributed by atoms with Crippen molar-refractivity contribution in [3.05, 3.63) is 18.1 Å². The Morgan fingerprint density at radius 3 is 2.24 bits per heavy atom. The maximum Gasteiger partial charge on any atom is 0.244 e. The lowest BCUT2D eigenvalue weighted by atomic mass is 10.4. The van der Waals surface area contributed by atoms with Gasteiger partial charge in [0.05, 0.1) is 11.9 Å². The van der Waals surface area contributed by atoms with Gasteiger partial charge >= 0.3 is 0 Å². The Labute approximate surface area is 105 Å². The minimum Gasteiger partial charge on any atom is -0.531 e. The first-order valence-corrected chi connectivity index (χ1v) is 12.6. The monoisotopic (exact) mass is 272 g/mol. The van der Waals surface area contributed by atoms with E-state index in [0.717, 1.165) is 0 Å². The lowest BCUT2D eigenvalue weighted by Gasteiger charge is -2.22. The molecule has 0 aromatic carbocycles. The maximum absolute atomic E-state index is 13.6. The maximum atomic E-state index is 13.6. The summed E-state index contributed by atoms with van der Waals surface area (Å²) in [7, 11) is -3.27. The molecule has 1 aromatic heterocycles. The van der Waals surface area contributed by atoms with Crippen molar-refractivity contribution >= 4 is 22.2 Å². The minimum atomic E-state index is -1.70. The molecule has 0 aliphatic rings. The van der Waals surface area contributed by atoms with Crippen molar-refractivity contribution in [1.29, 1.82) is 0 Å². The Morgan fingerprint density at radius 1 is 1.18 bits per heavy atom. The van der Waals surface area contributed by atoms with E-state index in [9.17, 15) is 4.39 Å². The van der Waals surface area contributed by atoms with Gasteiger partial charge in [-0.1, -0.05) is 19.6 Å². The topological polar surface area (TPSA) is 34.1 Å². The Morgan fingerprint density at radius 2 is 1.76 bits per heavy atom. The predicted molar refractivity (Wildman–Crippen MR) is 75.1 cm³/mol. The number of pyridine rings is 1. The summed E-state index contributed by atoms with van der Waals surface area (Å²) in [6, 6.07) is 1.66. The molecule has 3 nitrogen and oxygen atoms in total. The van der Waals surface area contributed by atoms with Gasteiger partial charge in [0.2, 0.25) is 14.2 Å². The average molecular weight is 272 g/mol. The van der Waals surface area contributed by atoms with E-state index >= 15 is 0 Å². The smallest absolute Gasteiger partial charge is 0.244 e. The zero-order valence-electron chi connectivity index (χ0n) is 11.4. The van der Waals surface area contributed by atoms with Crippen molar-refractivity contribution in [1.82, 2.24) is 4.98 Å². The van der Waals surface area contributed by atoms with Crippen LogP contribution in [0.4, 0.5) is 10.1 Å². The third-order valence-electron chi connectivity index (χ3n) is 1.75. The Kier molecular flexibility index (Phi) is 3.98. The van der Waals surface area contributed by atoms with Crippen LogP contribution in [0.1, 0.15) is 0 Å². The fourth-order valence-corrected chi connectivity index (χ4v) is 3.03. The highest BCUT2D eigenvalue weighted by molar-refractivity contribution is 6.79. The van der Waals surface area contributed by atoms with Gasteiger partial charge in [-0.15, -0.1) is 0 Å². The van der Waals surface area contributed by atoms with Gasteiger partial charge in [-0.25, -0.2) is 9.37 Å². The van der Waals surface area contributed by atoms with E-state index < -0.39 is 16.6 Å². The zero-order valence-corrected chi connectivity index (χ0v) is 13.4. The van der Waals surface area contributed by atoms with E-state index in [2.05, 4.69) is 49.2 Å². The zero-order chi connectivity index (χ0) is 13.3. The van der Waals surface area contributed by atoms with Crippen LogP contribution in [-0.4, -0.2) is 21.5 Å². The number of nitrogens with zero attached hydrogens (tertiary/aromatic N) is 1. The van der Waals surface area contributed by atoms with Crippen LogP contribution in [0.2, 0.25) is 39.3 Å². The standard InChI is InChI=1S/C11H21FN2OSi2/c1-16(2,3)14-10-7-11(13-8-9(10)12)15-17(4,5)6/h7-8H,1-6H3,(H,13,14). The number of rotatable bonds is 4. The second kappa shape index (κ2) is 4.77. The quantitative estimate of drug-likeness (QED) is 0.849. The van der Waals surface area contributed by atoms with Crippen LogP contribution in [0, 0.1) is 5.82 Å². The molecule has 0 spiro atoms. The Balaban J connectivity index is 2.95. The minimum absolute atomic E-state index is 0.324. The highest BCUT2D eigenvalue weighted by atomic mass is 28.4. The van der Waals surface area contributed by atoms with Crippen LogP contribution in [0.25, 0.3) is 0 Å². The Hall–Kier alpha value is -0.886. The van der Waals surface area contributed by atoms with Gasteiger partial charge in [0, 0.05) is 6.07 Å². The SMILES string of the molecule is C[Si](C)(C)Nc1cc(O[Si](C)(C)C)ncc1F. The molecule has 17 heavy (non-hydrogen) atoms. The lowest BCUT2D eigenvalue weighted by Crippen LogP contribution is -2.33. The van der Waals surface area contributed by atoms with E-state index in [1.807, 2.05) is 0 Å². The summed E-state index contributed by atoms with van der Waals surface area (Å²) in [4.78, 5) is 7.20. The van der Waals surface area contributed by atoms with E-state index in [1.165, 1.54) is 6.20 Å². The normalized spacial score (nSPS) is 12.4. The Bertz CT molecular complexity index is 399. The molecule has 1 N–H and O–H groups in total. The molecule has 0 radical (unpaired) electrons. The molecule has 0 aliphatic heterocycles. The number of halogens is 1. The van der Waals surface area contributed by atoms with Crippen LogP contribution in [-0.2, 0) is 0 Å². The van der Waals surface area contributed by atoms with E-state index in [4.69, 9.17) is 4.43 Å². The summed E-state index contributed by atoms with van der Waals surface area (Å²) in [5.74, 6) is 0.182. The van der Waals surface area contributed by atoms with Crippen molar-refractivity contribution in [2.24, 2.45) is 0 Å². The predicted octanol–water partition coefficient (Wildman–Crippen LogP) is 3.68. The summed E-state index contributed by atoms with van der Waals surface area (Å²) in [6.45, 7) is 12.6. The van der Waals surface area contributed by atoms with Gasteiger partial charge < -0.3 is 9.41 Å². The van der Waals surface area contributed by atoms with Crippen molar-refractivity contribution in [3.63, 3.8) is 0 Å². The second-order valence-corrected chi connectivity index (χ2v) is 15.3. The molecule has 0 atom stereocenters. The van der Waals surface area contributed by atoms with Crippen molar-refractivity contribution in [2.75, 3.05) is 4.98 Å². The third kappa shape index (κ3) is 5.31. The lowest BCUT2D eigenvalue weighted by molar-refractivity contribution is 0.527. The molecule has 96 valence electrons. The van der Waals surface area contributed by atoms with Crippen LogP contribution in [0.5, 0.6) is 5.88 Å². The third-order valence-corrected chi connectivity index (χ3v) is 3.59. The molecule has 1 rings (SSSR count). The first-order chi connectivity index (χ1) is 7.57. The molecule has 1 heterocycles. The molecule has 0 saturated carbocycles. The van der Waals surface area contributed by atoms with Crippen LogP contribution >= 0.6 is 0 Å². The van der Waals surface area contributed by atoms with E-state index in [1.54, 1.807) is 6.07 Å². The molecule has 0 saturated heterocycles. The van der Waals surface area contributed by atoms with Gasteiger partial charge in [0.1, 0.15) is 8.24 Å². The van der Waals surface area contributed by atoms with Crippen LogP contribution in [0.15, 0.2) is 12.3 Å². The average Bonchev–Trinajstić information content (AvgIpc) is 2.05. The molecule has 0 amide bonds. The second-order valence-electron chi connectivity index (χ2n) is 6.09. The van der Waals surface area contributed by atoms with Crippen molar-refractivity contribution in [2.45, 2.75) is 39.3 Å². The number of nitrogens with one attached hydrogen (secondary N) is 1. The van der Waals surface area contributed by atoms with Gasteiger partial charge in [-0.2, -0.15) is 0 Å². The van der Waals surface area contributed by atoms with Gasteiger partial charge in [0.15, 0.2) is 5.82 Å². The summed E-state index contributed by atoms with van der Waals surface area (Å²) >= 11 is 0. The van der Waals surface area contributed by atoms with Crippen molar-refractivity contribution in [3.8, 4) is 5.88 Å². The highest BCUT2D eigenvalue weighted by Gasteiger charge is 2.20. The van der Waals surface area contributed by atoms with Crippen molar-refractivity contribution < 1.29 is 8.82 Å². The fourth-order valence-electron chi connectivity index (χ4n) is 1.29. The van der Waals surface area contributed by atoms with Gasteiger partial charge in [-0.3, -0.25) is 0 Å². The first kappa shape index (κ1) is 14.2. The summed E-state index contributed by atoms with van der Waals surface area (Å²) in [5, 5.41) is 0. The van der Waals surface area contributed by atoms with E-state index in [-0.39, 0.29) is 5.82 Å². The number of anilines is 1. The van der Waals surface area contributed by atoms with E-state index in [0.29, 0.717) is 11.6 Å². The largest absolute Gasteiger partial charge is 0.531 e. The molecular weight excluding hydrogens is 251 g/mol. The molecule has 0 aliphatic carbocycles. The summed E-state index contributed by atoms with van der Waals surface area (Å²) in [6.07, 6.45) is 1.22. The number of hydrogen-bond acceptors (Lipinski definition) is 3. The van der Waals surface area contributed by atoms with Gasteiger partial charge in [-0.05, 0) is 19.6 Å². The molecule has 6 heteroatoms. The first-order valence-electron chi connectivity index (χ1n) is 5.70. The number of aromatic nitrogens is 1. The highest BCUT2D eigenvalue weighted by Crippen LogP contribution is 2.22. The van der Waals surface area contributed by atoms with Gasteiger partial charge in [0.25, 0.3) is 0 Å². The molecule has 0 fully saturated rings.